The predicted octanol–water partition coefficient (Wildman–Crippen LogP) is 4.02. The first-order valence-corrected chi connectivity index (χ1v) is 7.78. The summed E-state index contributed by atoms with van der Waals surface area (Å²) < 4.78 is 5.60. The summed E-state index contributed by atoms with van der Waals surface area (Å²) in [6.07, 6.45) is 1.55. The Morgan fingerprint density at radius 2 is 1.79 bits per heavy atom. The molecule has 0 unspecified atom stereocenters. The zero-order valence-electron chi connectivity index (χ0n) is 12.8. The third-order valence-corrected chi connectivity index (χ3v) is 3.63. The number of carbonyl (C=O) groups excluding carboxylic acids is 1. The number of rotatable bonds is 5. The zero-order chi connectivity index (χ0) is 16.8. The second-order valence-electron chi connectivity index (χ2n) is 5.11. The van der Waals surface area contributed by atoms with E-state index in [1.54, 1.807) is 18.3 Å². The summed E-state index contributed by atoms with van der Waals surface area (Å²) in [5.41, 5.74) is 3.28. The summed E-state index contributed by atoms with van der Waals surface area (Å²) in [5.74, 6) is 0.345. The first kappa shape index (κ1) is 16.0. The van der Waals surface area contributed by atoms with E-state index in [-0.39, 0.29) is 12.5 Å². The Kier molecular flexibility index (Phi) is 5.08. The maximum absolute atomic E-state index is 11.8. The van der Waals surface area contributed by atoms with E-state index >= 15 is 0 Å². The third kappa shape index (κ3) is 4.12. The molecular formula is C19H15ClN2O2. The number of amides is 1. The number of halogens is 1. The minimum absolute atomic E-state index is 0.105. The van der Waals surface area contributed by atoms with Crippen LogP contribution in [0.5, 0.6) is 5.75 Å². The summed E-state index contributed by atoms with van der Waals surface area (Å²) in [4.78, 5) is 11.8. The van der Waals surface area contributed by atoms with Gasteiger partial charge in [0.05, 0.1) is 6.21 Å². The molecule has 3 aromatic carbocycles. The number of ether oxygens (including phenoxy) is 1. The Hall–Kier alpha value is -2.85. The second-order valence-corrected chi connectivity index (χ2v) is 5.55. The largest absolute Gasteiger partial charge is 0.483 e. The molecule has 24 heavy (non-hydrogen) atoms. The molecule has 1 N–H and O–H groups in total. The van der Waals surface area contributed by atoms with E-state index in [0.717, 1.165) is 16.3 Å². The van der Waals surface area contributed by atoms with Gasteiger partial charge in [-0.05, 0) is 29.1 Å². The van der Waals surface area contributed by atoms with Crippen LogP contribution in [0, 0.1) is 0 Å². The van der Waals surface area contributed by atoms with E-state index in [1.165, 1.54) is 0 Å². The minimum atomic E-state index is -0.326. The van der Waals surface area contributed by atoms with Gasteiger partial charge in [0.1, 0.15) is 5.75 Å². The van der Waals surface area contributed by atoms with Crippen molar-refractivity contribution in [3.8, 4) is 5.75 Å². The van der Waals surface area contributed by atoms with Gasteiger partial charge < -0.3 is 4.74 Å². The van der Waals surface area contributed by atoms with Crippen molar-refractivity contribution in [3.05, 3.63) is 77.3 Å². The Morgan fingerprint density at radius 1 is 1.04 bits per heavy atom. The topological polar surface area (TPSA) is 50.7 Å². The molecule has 0 saturated heterocycles. The number of hydrazone groups is 1. The number of benzene rings is 3. The second kappa shape index (κ2) is 7.62. The highest BCUT2D eigenvalue weighted by Crippen LogP contribution is 2.24. The fourth-order valence-electron chi connectivity index (χ4n) is 2.22. The van der Waals surface area contributed by atoms with Crippen molar-refractivity contribution in [1.29, 1.82) is 0 Å². The molecule has 3 aromatic rings. The van der Waals surface area contributed by atoms with E-state index in [2.05, 4.69) is 10.5 Å². The number of fused-ring (bicyclic) bond motifs is 1. The van der Waals surface area contributed by atoms with Crippen molar-refractivity contribution in [3.63, 3.8) is 0 Å². The molecular weight excluding hydrogens is 324 g/mol. The summed E-state index contributed by atoms with van der Waals surface area (Å²) in [7, 11) is 0. The van der Waals surface area contributed by atoms with Crippen LogP contribution in [-0.4, -0.2) is 18.7 Å². The van der Waals surface area contributed by atoms with Gasteiger partial charge in [-0.2, -0.15) is 5.10 Å². The van der Waals surface area contributed by atoms with Crippen LogP contribution in [0.4, 0.5) is 0 Å². The Balaban J connectivity index is 1.56. The molecule has 0 heterocycles. The number of nitrogens with zero attached hydrogens (tertiary/aromatic N) is 1. The van der Waals surface area contributed by atoms with Crippen LogP contribution in [0.1, 0.15) is 5.56 Å². The monoisotopic (exact) mass is 338 g/mol. The van der Waals surface area contributed by atoms with Crippen molar-refractivity contribution in [2.75, 3.05) is 6.61 Å². The van der Waals surface area contributed by atoms with Gasteiger partial charge in [-0.15, -0.1) is 0 Å². The van der Waals surface area contributed by atoms with Crippen molar-refractivity contribution in [1.82, 2.24) is 5.43 Å². The fraction of sp³-hybridized carbons (Fsp3) is 0.0526. The minimum Gasteiger partial charge on any atom is -0.483 e. The number of nitrogens with one attached hydrogen (secondary N) is 1. The summed E-state index contributed by atoms with van der Waals surface area (Å²) in [6, 6.07) is 20.7. The van der Waals surface area contributed by atoms with E-state index in [0.29, 0.717) is 10.8 Å². The molecule has 0 aromatic heterocycles. The van der Waals surface area contributed by atoms with Crippen molar-refractivity contribution >= 4 is 34.5 Å². The molecule has 3 rings (SSSR count). The van der Waals surface area contributed by atoms with Crippen molar-refractivity contribution in [2.24, 2.45) is 5.10 Å². The molecule has 4 nitrogen and oxygen atoms in total. The maximum Gasteiger partial charge on any atom is 0.277 e. The summed E-state index contributed by atoms with van der Waals surface area (Å²) in [6.45, 7) is -0.105. The predicted molar refractivity (Wildman–Crippen MR) is 96.6 cm³/mol. The molecule has 120 valence electrons. The molecule has 5 heteroatoms. The first-order valence-electron chi connectivity index (χ1n) is 7.40. The average Bonchev–Trinajstić information content (AvgIpc) is 2.61. The molecule has 0 aliphatic carbocycles. The van der Waals surface area contributed by atoms with E-state index in [9.17, 15) is 4.79 Å². The first-order chi connectivity index (χ1) is 11.7. The van der Waals surface area contributed by atoms with E-state index < -0.39 is 0 Å². The van der Waals surface area contributed by atoms with Crippen LogP contribution in [-0.2, 0) is 4.79 Å². The van der Waals surface area contributed by atoms with Gasteiger partial charge in [0.15, 0.2) is 6.61 Å². The zero-order valence-corrected chi connectivity index (χ0v) is 13.5. The highest BCUT2D eigenvalue weighted by atomic mass is 35.5. The van der Waals surface area contributed by atoms with Gasteiger partial charge in [0.2, 0.25) is 0 Å². The highest BCUT2D eigenvalue weighted by molar-refractivity contribution is 6.30. The summed E-state index contributed by atoms with van der Waals surface area (Å²) >= 11 is 5.81. The quantitative estimate of drug-likeness (QED) is 0.564. The number of hydrogen-bond acceptors (Lipinski definition) is 3. The smallest absolute Gasteiger partial charge is 0.277 e. The van der Waals surface area contributed by atoms with E-state index in [1.807, 2.05) is 54.6 Å². The molecule has 0 aliphatic rings. The number of carbonyl (C=O) groups is 1. The van der Waals surface area contributed by atoms with Crippen LogP contribution in [0.25, 0.3) is 10.8 Å². The lowest BCUT2D eigenvalue weighted by molar-refractivity contribution is -0.123. The van der Waals surface area contributed by atoms with Gasteiger partial charge in [-0.1, -0.05) is 60.1 Å². The maximum atomic E-state index is 11.8. The molecule has 0 fully saturated rings. The van der Waals surface area contributed by atoms with Gasteiger partial charge in [0, 0.05) is 10.4 Å². The van der Waals surface area contributed by atoms with E-state index in [4.69, 9.17) is 16.3 Å². The Morgan fingerprint density at radius 3 is 2.62 bits per heavy atom. The molecule has 0 aliphatic heterocycles. The average molecular weight is 339 g/mol. The van der Waals surface area contributed by atoms with Crippen LogP contribution < -0.4 is 10.2 Å². The standard InChI is InChI=1S/C19H15ClN2O2/c20-16-10-8-14(9-11-16)12-21-22-19(23)13-24-18-7-3-5-15-4-1-2-6-17(15)18/h1-12H,13H2,(H,22,23)/b21-12+. The molecule has 1 amide bonds. The van der Waals surface area contributed by atoms with Crippen molar-refractivity contribution < 1.29 is 9.53 Å². The van der Waals surface area contributed by atoms with Gasteiger partial charge in [-0.25, -0.2) is 5.43 Å². The van der Waals surface area contributed by atoms with Crippen LogP contribution >= 0.6 is 11.6 Å². The Bertz CT molecular complexity index is 871. The van der Waals surface area contributed by atoms with Crippen molar-refractivity contribution in [2.45, 2.75) is 0 Å². The summed E-state index contributed by atoms with van der Waals surface area (Å²) in [5, 5.41) is 6.59. The molecule has 0 spiro atoms. The van der Waals surface area contributed by atoms with Crippen LogP contribution in [0.15, 0.2) is 71.8 Å². The Labute approximate surface area is 144 Å². The lowest BCUT2D eigenvalue weighted by atomic mass is 10.1. The third-order valence-electron chi connectivity index (χ3n) is 3.38. The normalized spacial score (nSPS) is 10.9. The molecule has 0 bridgehead atoms. The van der Waals surface area contributed by atoms with Gasteiger partial charge in [0.25, 0.3) is 5.91 Å². The molecule has 0 radical (unpaired) electrons. The fourth-order valence-corrected chi connectivity index (χ4v) is 2.35. The van der Waals surface area contributed by atoms with Crippen LogP contribution in [0.2, 0.25) is 5.02 Å². The van der Waals surface area contributed by atoms with Gasteiger partial charge in [-0.3, -0.25) is 4.79 Å². The highest BCUT2D eigenvalue weighted by Gasteiger charge is 2.04. The lowest BCUT2D eigenvalue weighted by Crippen LogP contribution is -2.24. The SMILES string of the molecule is O=C(COc1cccc2ccccc12)N/N=C/c1ccc(Cl)cc1. The number of hydrogen-bond donors (Lipinski definition) is 1. The van der Waals surface area contributed by atoms with Gasteiger partial charge >= 0.3 is 0 Å². The van der Waals surface area contributed by atoms with Crippen LogP contribution in [0.3, 0.4) is 0 Å². The molecule has 0 saturated carbocycles. The molecule has 0 atom stereocenters. The lowest BCUT2D eigenvalue weighted by Gasteiger charge is -2.08.